The number of nitrogens with zero attached hydrogens (tertiary/aromatic N) is 7. The monoisotopic (exact) mass is 506 g/mol. The van der Waals surface area contributed by atoms with Crippen LogP contribution in [0.1, 0.15) is 31.7 Å². The minimum atomic E-state index is -0.823. The molecule has 0 radical (unpaired) electrons. The second-order valence-corrected chi connectivity index (χ2v) is 10.4. The van der Waals surface area contributed by atoms with Crippen molar-refractivity contribution in [1.82, 2.24) is 24.8 Å². The van der Waals surface area contributed by atoms with Gasteiger partial charge in [-0.3, -0.25) is 4.79 Å². The van der Waals surface area contributed by atoms with Crippen molar-refractivity contribution in [2.24, 2.45) is 5.92 Å². The molecule has 3 N–H and O–H groups in total. The molecule has 2 fully saturated rings. The highest BCUT2D eigenvalue weighted by atomic mass is 16.3. The lowest BCUT2D eigenvalue weighted by Crippen LogP contribution is -2.53. The summed E-state index contributed by atoms with van der Waals surface area (Å²) in [5, 5.41) is 25.1. The number of pyridine rings is 2. The first-order valence-corrected chi connectivity index (χ1v) is 12.7. The number of aromatic nitrogens is 4. The van der Waals surface area contributed by atoms with E-state index in [9.17, 15) is 15.0 Å². The zero-order chi connectivity index (χ0) is 26.3. The average Bonchev–Trinajstić information content (AvgIpc) is 2.84. The van der Waals surface area contributed by atoms with Crippen LogP contribution >= 0.6 is 0 Å². The second-order valence-electron chi connectivity index (χ2n) is 10.4. The minimum Gasteiger partial charge on any atom is -0.390 e. The molecule has 0 unspecified atom stereocenters. The number of nitrogens with one attached hydrogen (secondary N) is 1. The van der Waals surface area contributed by atoms with Gasteiger partial charge in [0.05, 0.1) is 18.1 Å². The zero-order valence-corrected chi connectivity index (χ0v) is 21.7. The summed E-state index contributed by atoms with van der Waals surface area (Å²) < 4.78 is 0. The fourth-order valence-electron chi connectivity index (χ4n) is 4.90. The van der Waals surface area contributed by atoms with Crippen LogP contribution in [0.5, 0.6) is 0 Å². The Balaban J connectivity index is 1.39. The summed E-state index contributed by atoms with van der Waals surface area (Å²) in [6.45, 7) is 6.42. The quantitative estimate of drug-likeness (QED) is 0.454. The van der Waals surface area contributed by atoms with Gasteiger partial charge in [-0.15, -0.1) is 0 Å². The van der Waals surface area contributed by atoms with Crippen LogP contribution in [0.25, 0.3) is 10.8 Å². The fourth-order valence-corrected chi connectivity index (χ4v) is 4.90. The molecule has 0 aliphatic carbocycles. The number of hydrogen-bond donors (Lipinski definition) is 3. The number of hydrogen-bond acceptors (Lipinski definition) is 10. The van der Waals surface area contributed by atoms with Gasteiger partial charge in [-0.25, -0.2) is 15.0 Å². The van der Waals surface area contributed by atoms with Gasteiger partial charge in [0.1, 0.15) is 17.5 Å². The molecule has 5 heterocycles. The fraction of sp³-hybridized carbons (Fsp3) is 0.500. The van der Waals surface area contributed by atoms with Gasteiger partial charge in [-0.2, -0.15) is 4.98 Å². The summed E-state index contributed by atoms with van der Waals surface area (Å²) in [5.41, 5.74) is 1.12. The smallest absolute Gasteiger partial charge is 0.228 e. The third-order valence-corrected chi connectivity index (χ3v) is 7.10. The van der Waals surface area contributed by atoms with Crippen LogP contribution in [0.2, 0.25) is 0 Å². The van der Waals surface area contributed by atoms with Crippen LogP contribution in [-0.4, -0.2) is 93.4 Å². The van der Waals surface area contributed by atoms with E-state index in [-0.39, 0.29) is 24.3 Å². The lowest BCUT2D eigenvalue weighted by Gasteiger charge is -2.40. The van der Waals surface area contributed by atoms with Gasteiger partial charge in [0, 0.05) is 64.3 Å². The normalized spacial score (nSPS) is 20.3. The Kier molecular flexibility index (Phi) is 6.82. The van der Waals surface area contributed by atoms with Gasteiger partial charge < -0.3 is 30.2 Å². The Bertz CT molecular complexity index is 1290. The molecule has 2 aliphatic rings. The van der Waals surface area contributed by atoms with Crippen LogP contribution in [-0.2, 0) is 4.79 Å². The number of carbonyl (C=O) groups excluding carboxylic acids is 1. The molecule has 11 heteroatoms. The summed E-state index contributed by atoms with van der Waals surface area (Å²) in [4.78, 5) is 36.3. The Morgan fingerprint density at radius 1 is 1.03 bits per heavy atom. The molecule has 2 atom stereocenters. The van der Waals surface area contributed by atoms with Crippen molar-refractivity contribution >= 4 is 40.1 Å². The Hall–Kier alpha value is -3.57. The summed E-state index contributed by atoms with van der Waals surface area (Å²) in [5.74, 6) is 2.97. The molecule has 2 aliphatic heterocycles. The summed E-state index contributed by atoms with van der Waals surface area (Å²) in [7, 11) is 3.57. The average molecular weight is 507 g/mol. The minimum absolute atomic E-state index is 0.0123. The molecule has 5 rings (SSSR count). The third-order valence-electron chi connectivity index (χ3n) is 7.10. The van der Waals surface area contributed by atoms with Gasteiger partial charge in [0.2, 0.25) is 11.9 Å². The van der Waals surface area contributed by atoms with E-state index >= 15 is 0 Å². The highest BCUT2D eigenvalue weighted by Gasteiger charge is 2.35. The molecule has 196 valence electrons. The standard InChI is InChI=1S/C26H34N8O3/c1-15(2)18-10-29-24(34-12-16(13-34)25(37)32(3)4)19-11-28-23(9-17(18)19)30-22-5-7-27-26(31-22)33-8-6-20(35)21(36)14-33/h5,7,9-11,15-16,20-21,35-36H,6,8,12-14H2,1-4H3,(H,27,28,30,31)/t20-,21+/m1/s1. The van der Waals surface area contributed by atoms with E-state index < -0.39 is 12.2 Å². The maximum atomic E-state index is 12.3. The van der Waals surface area contributed by atoms with E-state index in [1.807, 2.05) is 23.4 Å². The number of β-amino-alcohol motifs (C(OH)–C–C–N with tert-alkyl or cyclic N) is 1. The first kappa shape index (κ1) is 25.1. The molecule has 0 bridgehead atoms. The van der Waals surface area contributed by atoms with Gasteiger partial charge in [-0.05, 0) is 35.4 Å². The molecule has 0 saturated carbocycles. The van der Waals surface area contributed by atoms with E-state index in [2.05, 4.69) is 39.0 Å². The number of rotatable bonds is 6. The van der Waals surface area contributed by atoms with E-state index in [1.54, 1.807) is 31.3 Å². The molecule has 1 amide bonds. The predicted molar refractivity (Wildman–Crippen MR) is 142 cm³/mol. The largest absolute Gasteiger partial charge is 0.390 e. The molecule has 3 aromatic rings. The molecule has 3 aromatic heterocycles. The molecule has 37 heavy (non-hydrogen) atoms. The number of amides is 1. The van der Waals surface area contributed by atoms with Crippen LogP contribution in [0.4, 0.5) is 23.4 Å². The molecule has 0 spiro atoms. The lowest BCUT2D eigenvalue weighted by atomic mass is 9.96. The molecular formula is C26H34N8O3. The van der Waals surface area contributed by atoms with Crippen LogP contribution in [0.3, 0.4) is 0 Å². The number of fused-ring (bicyclic) bond motifs is 1. The highest BCUT2D eigenvalue weighted by molar-refractivity contribution is 5.96. The maximum Gasteiger partial charge on any atom is 0.228 e. The van der Waals surface area contributed by atoms with E-state index in [1.165, 1.54) is 0 Å². The first-order valence-electron chi connectivity index (χ1n) is 12.7. The lowest BCUT2D eigenvalue weighted by molar-refractivity contribution is -0.133. The van der Waals surface area contributed by atoms with Crippen molar-refractivity contribution in [2.75, 3.05) is 55.4 Å². The Labute approximate surface area is 216 Å². The van der Waals surface area contributed by atoms with Gasteiger partial charge in [0.25, 0.3) is 0 Å². The second kappa shape index (κ2) is 10.1. The summed E-state index contributed by atoms with van der Waals surface area (Å²) >= 11 is 0. The Morgan fingerprint density at radius 2 is 1.81 bits per heavy atom. The van der Waals surface area contributed by atoms with Crippen LogP contribution < -0.4 is 15.1 Å². The molecule has 11 nitrogen and oxygen atoms in total. The maximum absolute atomic E-state index is 12.3. The van der Waals surface area contributed by atoms with Gasteiger partial charge >= 0.3 is 0 Å². The topological polar surface area (TPSA) is 131 Å². The van der Waals surface area contributed by atoms with Gasteiger partial charge in [0.15, 0.2) is 0 Å². The third kappa shape index (κ3) is 5.01. The molecule has 2 saturated heterocycles. The van der Waals surface area contributed by atoms with Crippen molar-refractivity contribution < 1.29 is 15.0 Å². The van der Waals surface area contributed by atoms with E-state index in [0.29, 0.717) is 43.6 Å². The SMILES string of the molecule is CC(C)c1cnc(N2CC(C(=O)N(C)C)C2)c2cnc(Nc3ccnc(N4CC[C@@H](O)[C@@H](O)C4)n3)cc12. The Morgan fingerprint density at radius 3 is 2.51 bits per heavy atom. The molecular weight excluding hydrogens is 472 g/mol. The number of aliphatic hydroxyl groups excluding tert-OH is 2. The van der Waals surface area contributed by atoms with Crippen molar-refractivity contribution in [3.63, 3.8) is 0 Å². The zero-order valence-electron chi connectivity index (χ0n) is 21.7. The van der Waals surface area contributed by atoms with Crippen molar-refractivity contribution in [3.8, 4) is 0 Å². The summed E-state index contributed by atoms with van der Waals surface area (Å²) in [6.07, 6.45) is 4.34. The van der Waals surface area contributed by atoms with Crippen LogP contribution in [0, 0.1) is 5.92 Å². The van der Waals surface area contributed by atoms with Crippen molar-refractivity contribution in [1.29, 1.82) is 0 Å². The highest BCUT2D eigenvalue weighted by Crippen LogP contribution is 2.35. The van der Waals surface area contributed by atoms with Crippen molar-refractivity contribution in [2.45, 2.75) is 38.4 Å². The van der Waals surface area contributed by atoms with Crippen molar-refractivity contribution in [3.05, 3.63) is 36.3 Å². The number of piperidine rings is 1. The number of anilines is 4. The van der Waals surface area contributed by atoms with E-state index in [0.717, 1.165) is 22.2 Å². The molecule has 0 aromatic carbocycles. The van der Waals surface area contributed by atoms with Gasteiger partial charge in [-0.1, -0.05) is 13.8 Å². The predicted octanol–water partition coefficient (Wildman–Crippen LogP) is 1.74. The number of carbonyl (C=O) groups is 1. The first-order chi connectivity index (χ1) is 17.7. The van der Waals surface area contributed by atoms with E-state index in [4.69, 9.17) is 4.98 Å². The summed E-state index contributed by atoms with van der Waals surface area (Å²) in [6, 6.07) is 3.79. The number of aliphatic hydroxyl groups is 2. The van der Waals surface area contributed by atoms with Crippen LogP contribution in [0.15, 0.2) is 30.7 Å².